The Morgan fingerprint density at radius 1 is 1.35 bits per heavy atom. The van der Waals surface area contributed by atoms with E-state index >= 15 is 0 Å². The maximum Gasteiger partial charge on any atom is 0.221 e. The molecule has 0 spiro atoms. The number of nitrogens with two attached hydrogens (primary N) is 1. The molecule has 20 heavy (non-hydrogen) atoms. The van der Waals surface area contributed by atoms with Crippen LogP contribution in [0.5, 0.6) is 5.75 Å². The molecule has 0 fully saturated rings. The molecule has 1 aromatic carbocycles. The Bertz CT molecular complexity index is 563. The molecule has 6 nitrogen and oxygen atoms in total. The van der Waals surface area contributed by atoms with E-state index < -0.39 is 0 Å². The fourth-order valence-corrected chi connectivity index (χ4v) is 1.74. The van der Waals surface area contributed by atoms with Crippen LogP contribution in [0.4, 0.5) is 0 Å². The third kappa shape index (κ3) is 3.58. The van der Waals surface area contributed by atoms with Gasteiger partial charge >= 0.3 is 0 Å². The van der Waals surface area contributed by atoms with Crippen LogP contribution in [-0.4, -0.2) is 29.3 Å². The lowest BCUT2D eigenvalue weighted by Crippen LogP contribution is -2.25. The summed E-state index contributed by atoms with van der Waals surface area (Å²) in [5, 5.41) is 7.17. The van der Waals surface area contributed by atoms with E-state index in [1.165, 1.54) is 0 Å². The minimum atomic E-state index is -0.0634. The highest BCUT2D eigenvalue weighted by Crippen LogP contribution is 2.14. The maximum atomic E-state index is 11.3. The molecule has 0 atom stereocenters. The lowest BCUT2D eigenvalue weighted by Gasteiger charge is -2.04. The average Bonchev–Trinajstić information content (AvgIpc) is 2.94. The topological polar surface area (TPSA) is 82.2 Å². The number of rotatable bonds is 6. The van der Waals surface area contributed by atoms with Gasteiger partial charge in [-0.15, -0.1) is 0 Å². The smallest absolute Gasteiger partial charge is 0.221 e. The van der Waals surface area contributed by atoms with Crippen LogP contribution in [0.25, 0.3) is 5.69 Å². The number of carbonyl (C=O) groups is 1. The van der Waals surface area contributed by atoms with Crippen molar-refractivity contribution in [1.29, 1.82) is 0 Å². The number of amides is 1. The Hall–Kier alpha value is -2.34. The van der Waals surface area contributed by atoms with Crippen molar-refractivity contribution < 1.29 is 9.53 Å². The van der Waals surface area contributed by atoms with E-state index in [9.17, 15) is 4.79 Å². The van der Waals surface area contributed by atoms with Gasteiger partial charge in [-0.1, -0.05) is 0 Å². The summed E-state index contributed by atoms with van der Waals surface area (Å²) in [6.07, 6.45) is 2.19. The van der Waals surface area contributed by atoms with Crippen molar-refractivity contribution in [1.82, 2.24) is 15.1 Å². The van der Waals surface area contributed by atoms with E-state index in [1.807, 2.05) is 36.5 Å². The molecule has 0 aliphatic rings. The summed E-state index contributed by atoms with van der Waals surface area (Å²) in [6, 6.07) is 9.46. The van der Waals surface area contributed by atoms with Gasteiger partial charge < -0.3 is 15.8 Å². The van der Waals surface area contributed by atoms with Crippen LogP contribution < -0.4 is 15.8 Å². The number of nitrogens with zero attached hydrogens (tertiary/aromatic N) is 2. The van der Waals surface area contributed by atoms with Crippen molar-refractivity contribution in [3.8, 4) is 11.4 Å². The molecule has 106 valence electrons. The highest BCUT2D eigenvalue weighted by Gasteiger charge is 2.04. The first-order valence-electron chi connectivity index (χ1n) is 6.38. The average molecular weight is 274 g/mol. The van der Waals surface area contributed by atoms with E-state index in [0.717, 1.165) is 17.1 Å². The molecular weight excluding hydrogens is 256 g/mol. The second kappa shape index (κ2) is 6.72. The van der Waals surface area contributed by atoms with E-state index in [-0.39, 0.29) is 5.91 Å². The van der Waals surface area contributed by atoms with E-state index in [2.05, 4.69) is 10.4 Å². The molecule has 1 heterocycles. The van der Waals surface area contributed by atoms with Crippen LogP contribution in [-0.2, 0) is 11.3 Å². The van der Waals surface area contributed by atoms with Crippen molar-refractivity contribution in [2.75, 3.05) is 13.7 Å². The molecule has 0 saturated carbocycles. The van der Waals surface area contributed by atoms with Crippen molar-refractivity contribution in [3.63, 3.8) is 0 Å². The SMILES string of the molecule is COc1ccc(-n2ccc(CNC(=O)CCN)n2)cc1. The van der Waals surface area contributed by atoms with Crippen LogP contribution in [0.2, 0.25) is 0 Å². The van der Waals surface area contributed by atoms with Crippen LogP contribution in [0.3, 0.4) is 0 Å². The predicted octanol–water partition coefficient (Wildman–Crippen LogP) is 0.846. The zero-order valence-electron chi connectivity index (χ0n) is 11.4. The first-order valence-corrected chi connectivity index (χ1v) is 6.38. The third-order valence-electron chi connectivity index (χ3n) is 2.82. The molecule has 1 aromatic heterocycles. The van der Waals surface area contributed by atoms with Crippen molar-refractivity contribution >= 4 is 5.91 Å². The molecule has 2 aromatic rings. The van der Waals surface area contributed by atoms with Gasteiger partial charge in [0.1, 0.15) is 5.75 Å². The lowest BCUT2D eigenvalue weighted by atomic mass is 10.3. The molecule has 0 aliphatic carbocycles. The van der Waals surface area contributed by atoms with Gasteiger partial charge in [0.25, 0.3) is 0 Å². The normalized spacial score (nSPS) is 10.3. The first-order chi connectivity index (χ1) is 9.72. The summed E-state index contributed by atoms with van der Waals surface area (Å²) in [4.78, 5) is 11.3. The number of benzene rings is 1. The summed E-state index contributed by atoms with van der Waals surface area (Å²) in [6.45, 7) is 0.758. The molecule has 0 saturated heterocycles. The third-order valence-corrected chi connectivity index (χ3v) is 2.82. The minimum absolute atomic E-state index is 0.0634. The Balaban J connectivity index is 1.99. The van der Waals surface area contributed by atoms with Gasteiger partial charge in [-0.25, -0.2) is 4.68 Å². The van der Waals surface area contributed by atoms with Crippen LogP contribution in [0.15, 0.2) is 36.5 Å². The van der Waals surface area contributed by atoms with Crippen LogP contribution in [0, 0.1) is 0 Å². The number of ether oxygens (including phenoxy) is 1. The number of hydrogen-bond donors (Lipinski definition) is 2. The van der Waals surface area contributed by atoms with Crippen molar-refractivity contribution in [3.05, 3.63) is 42.2 Å². The monoisotopic (exact) mass is 274 g/mol. The Morgan fingerprint density at radius 2 is 2.10 bits per heavy atom. The number of hydrogen-bond acceptors (Lipinski definition) is 4. The molecule has 6 heteroatoms. The largest absolute Gasteiger partial charge is 0.497 e. The second-order valence-corrected chi connectivity index (χ2v) is 4.27. The Labute approximate surface area is 117 Å². The van der Waals surface area contributed by atoms with Crippen molar-refractivity contribution in [2.24, 2.45) is 5.73 Å². The maximum absolute atomic E-state index is 11.3. The Kier molecular flexibility index (Phi) is 4.73. The molecule has 1 amide bonds. The summed E-state index contributed by atoms with van der Waals surface area (Å²) in [5.41, 5.74) is 7.04. The summed E-state index contributed by atoms with van der Waals surface area (Å²) in [7, 11) is 1.63. The minimum Gasteiger partial charge on any atom is -0.497 e. The van der Waals surface area contributed by atoms with Gasteiger partial charge in [-0.3, -0.25) is 4.79 Å². The van der Waals surface area contributed by atoms with E-state index in [1.54, 1.807) is 11.8 Å². The standard InChI is InChI=1S/C14H18N4O2/c1-20-13-4-2-12(3-5-13)18-9-7-11(17-18)10-16-14(19)6-8-15/h2-5,7,9H,6,8,10,15H2,1H3,(H,16,19). The zero-order valence-corrected chi connectivity index (χ0v) is 11.4. The number of carbonyl (C=O) groups excluding carboxylic acids is 1. The fourth-order valence-electron chi connectivity index (χ4n) is 1.74. The molecule has 0 radical (unpaired) electrons. The number of nitrogens with one attached hydrogen (secondary N) is 1. The second-order valence-electron chi connectivity index (χ2n) is 4.27. The molecule has 0 aliphatic heterocycles. The number of methoxy groups -OCH3 is 1. The van der Waals surface area contributed by atoms with Crippen LogP contribution >= 0.6 is 0 Å². The molecule has 0 unspecified atom stereocenters. The summed E-state index contributed by atoms with van der Waals surface area (Å²) >= 11 is 0. The Morgan fingerprint density at radius 3 is 2.75 bits per heavy atom. The van der Waals surface area contributed by atoms with Gasteiger partial charge in [-0.2, -0.15) is 5.10 Å². The first kappa shape index (κ1) is 14.1. The quantitative estimate of drug-likeness (QED) is 0.818. The van der Waals surface area contributed by atoms with Crippen LogP contribution in [0.1, 0.15) is 12.1 Å². The zero-order chi connectivity index (χ0) is 14.4. The molecule has 3 N–H and O–H groups in total. The van der Waals surface area contributed by atoms with Gasteiger partial charge in [0.2, 0.25) is 5.91 Å². The molecule has 0 bridgehead atoms. The predicted molar refractivity (Wildman–Crippen MR) is 75.6 cm³/mol. The van der Waals surface area contributed by atoms with Gasteiger partial charge in [0, 0.05) is 19.2 Å². The number of aromatic nitrogens is 2. The van der Waals surface area contributed by atoms with Crippen molar-refractivity contribution in [2.45, 2.75) is 13.0 Å². The van der Waals surface area contributed by atoms with Gasteiger partial charge in [0.05, 0.1) is 25.0 Å². The summed E-state index contributed by atoms with van der Waals surface area (Å²) in [5.74, 6) is 0.738. The highest BCUT2D eigenvalue weighted by atomic mass is 16.5. The summed E-state index contributed by atoms with van der Waals surface area (Å²) < 4.78 is 6.86. The molecule has 2 rings (SSSR count). The lowest BCUT2D eigenvalue weighted by molar-refractivity contribution is -0.121. The fraction of sp³-hybridized carbons (Fsp3) is 0.286. The van der Waals surface area contributed by atoms with Gasteiger partial charge in [-0.05, 0) is 30.3 Å². The molecular formula is C14H18N4O2. The van der Waals surface area contributed by atoms with E-state index in [4.69, 9.17) is 10.5 Å². The van der Waals surface area contributed by atoms with E-state index in [0.29, 0.717) is 19.5 Å². The van der Waals surface area contributed by atoms with Gasteiger partial charge in [0.15, 0.2) is 0 Å². The highest BCUT2D eigenvalue weighted by molar-refractivity contribution is 5.75.